The van der Waals surface area contributed by atoms with Gasteiger partial charge in [0.25, 0.3) is 10.0 Å². The third-order valence-electron chi connectivity index (χ3n) is 5.78. The molecular weight excluding hydrogens is 446 g/mol. The van der Waals surface area contributed by atoms with Crippen LogP contribution in [0, 0.1) is 13.8 Å². The molecule has 0 N–H and O–H groups in total. The number of nitrogens with zero attached hydrogens (tertiary/aromatic N) is 1. The summed E-state index contributed by atoms with van der Waals surface area (Å²) in [5.41, 5.74) is 4.50. The molecule has 0 radical (unpaired) electrons. The van der Waals surface area contributed by atoms with Gasteiger partial charge in [-0.3, -0.25) is 4.31 Å². The molecule has 3 aromatic rings. The summed E-state index contributed by atoms with van der Waals surface area (Å²) in [5, 5.41) is 0. The van der Waals surface area contributed by atoms with Gasteiger partial charge in [-0.05, 0) is 49.6 Å². The predicted octanol–water partition coefficient (Wildman–Crippen LogP) is 6.30. The Morgan fingerprint density at radius 3 is 2.06 bits per heavy atom. The highest BCUT2D eigenvalue weighted by atomic mass is 32.2. The van der Waals surface area contributed by atoms with Crippen LogP contribution in [0.3, 0.4) is 0 Å². The van der Waals surface area contributed by atoms with Crippen LogP contribution in [0.25, 0.3) is 5.57 Å². The molecule has 0 amide bonds. The Balaban J connectivity index is 2.15. The van der Waals surface area contributed by atoms with E-state index in [2.05, 4.69) is 13.2 Å². The minimum absolute atomic E-state index is 0.186. The lowest BCUT2D eigenvalue weighted by molar-refractivity contribution is 0.337. The van der Waals surface area contributed by atoms with E-state index in [0.717, 1.165) is 22.3 Å². The van der Waals surface area contributed by atoms with Crippen molar-refractivity contribution in [3.8, 4) is 11.5 Å². The van der Waals surface area contributed by atoms with Crippen LogP contribution in [0.15, 0.2) is 91.0 Å². The summed E-state index contributed by atoms with van der Waals surface area (Å²) in [6.45, 7) is 12.1. The lowest BCUT2D eigenvalue weighted by atomic mass is 9.94. The molecule has 6 heteroatoms. The average Bonchev–Trinajstić information content (AvgIpc) is 2.83. The number of para-hydroxylation sites is 1. The van der Waals surface area contributed by atoms with E-state index in [-0.39, 0.29) is 4.90 Å². The first-order chi connectivity index (χ1) is 16.2. The van der Waals surface area contributed by atoms with Crippen molar-refractivity contribution in [2.24, 2.45) is 0 Å². The molecule has 34 heavy (non-hydrogen) atoms. The molecule has 0 aliphatic rings. The molecule has 0 spiro atoms. The third kappa shape index (κ3) is 5.18. The Labute approximate surface area is 203 Å². The summed E-state index contributed by atoms with van der Waals surface area (Å²) < 4.78 is 40.0. The van der Waals surface area contributed by atoms with Crippen LogP contribution >= 0.6 is 0 Å². The fraction of sp³-hybridized carbons (Fsp3) is 0.214. The molecule has 0 aromatic heterocycles. The molecule has 0 heterocycles. The van der Waals surface area contributed by atoms with Gasteiger partial charge < -0.3 is 9.47 Å². The van der Waals surface area contributed by atoms with Crippen molar-refractivity contribution in [2.45, 2.75) is 31.2 Å². The first-order valence-electron chi connectivity index (χ1n) is 10.9. The van der Waals surface area contributed by atoms with E-state index >= 15 is 0 Å². The van der Waals surface area contributed by atoms with Crippen LogP contribution in [0.2, 0.25) is 0 Å². The number of rotatable bonds is 10. The van der Waals surface area contributed by atoms with Crippen LogP contribution in [0.1, 0.15) is 34.7 Å². The van der Waals surface area contributed by atoms with E-state index in [0.29, 0.717) is 23.5 Å². The van der Waals surface area contributed by atoms with Crippen LogP contribution < -0.4 is 9.47 Å². The molecule has 0 aliphatic carbocycles. The van der Waals surface area contributed by atoms with Gasteiger partial charge in [0.15, 0.2) is 11.5 Å². The van der Waals surface area contributed by atoms with Crippen molar-refractivity contribution >= 4 is 15.6 Å². The van der Waals surface area contributed by atoms with Gasteiger partial charge in [0.2, 0.25) is 0 Å². The first-order valence-corrected chi connectivity index (χ1v) is 12.4. The summed E-state index contributed by atoms with van der Waals surface area (Å²) in [6.07, 6.45) is 1.67. The zero-order valence-electron chi connectivity index (χ0n) is 20.1. The highest BCUT2D eigenvalue weighted by Gasteiger charge is 2.33. The van der Waals surface area contributed by atoms with Crippen LogP contribution in [0.5, 0.6) is 11.5 Å². The van der Waals surface area contributed by atoms with Crippen molar-refractivity contribution in [2.75, 3.05) is 14.2 Å². The van der Waals surface area contributed by atoms with E-state index in [1.54, 1.807) is 44.6 Å². The minimum Gasteiger partial charge on any atom is -0.493 e. The van der Waals surface area contributed by atoms with Crippen molar-refractivity contribution in [3.05, 3.63) is 108 Å². The zero-order valence-corrected chi connectivity index (χ0v) is 20.9. The van der Waals surface area contributed by atoms with E-state index in [9.17, 15) is 8.42 Å². The van der Waals surface area contributed by atoms with E-state index in [1.807, 2.05) is 50.2 Å². The number of aryl methyl sites for hydroxylation is 2. The second-order valence-electron chi connectivity index (χ2n) is 8.10. The normalized spacial score (nSPS) is 12.0. The van der Waals surface area contributed by atoms with Crippen LogP contribution in [0.4, 0.5) is 0 Å². The highest BCUT2D eigenvalue weighted by molar-refractivity contribution is 7.89. The number of hydrogen-bond donors (Lipinski definition) is 0. The summed E-state index contributed by atoms with van der Waals surface area (Å²) in [4.78, 5) is 0.186. The van der Waals surface area contributed by atoms with E-state index < -0.39 is 16.1 Å². The number of hydrogen-bond acceptors (Lipinski definition) is 4. The predicted molar refractivity (Wildman–Crippen MR) is 138 cm³/mol. The van der Waals surface area contributed by atoms with Gasteiger partial charge in [-0.1, -0.05) is 72.8 Å². The second-order valence-corrected chi connectivity index (χ2v) is 9.95. The largest absolute Gasteiger partial charge is 0.493 e. The smallest absolute Gasteiger partial charge is 0.264 e. The van der Waals surface area contributed by atoms with Gasteiger partial charge in [-0.2, -0.15) is 0 Å². The number of methoxy groups -OCH3 is 2. The second kappa shape index (κ2) is 10.6. The Hall–Kier alpha value is -3.51. The molecule has 0 saturated heterocycles. The molecule has 0 fully saturated rings. The Morgan fingerprint density at radius 1 is 0.941 bits per heavy atom. The highest BCUT2D eigenvalue weighted by Crippen LogP contribution is 2.42. The third-order valence-corrected chi connectivity index (χ3v) is 7.60. The molecule has 0 saturated carbocycles. The van der Waals surface area contributed by atoms with Gasteiger partial charge in [0.1, 0.15) is 0 Å². The molecule has 1 atom stereocenters. The Kier molecular flexibility index (Phi) is 7.84. The van der Waals surface area contributed by atoms with Crippen molar-refractivity contribution in [1.29, 1.82) is 0 Å². The Bertz CT molecular complexity index is 1260. The van der Waals surface area contributed by atoms with Crippen molar-refractivity contribution in [1.82, 2.24) is 4.31 Å². The van der Waals surface area contributed by atoms with Gasteiger partial charge in [-0.15, -0.1) is 0 Å². The maximum absolute atomic E-state index is 13.8. The standard InChI is InChI=1S/C28H31NO4S/c1-7-29(34(30,31)24-17-13-21(3)14-18-24)26(19-22(4)23-15-11-20(2)12-16-23)25-9-8-10-27(32-5)28(25)33-6/h7-18,26H,1,4,19H2,2-3,5-6H3. The molecule has 3 aromatic carbocycles. The molecular formula is C28H31NO4S. The van der Waals surface area contributed by atoms with E-state index in [4.69, 9.17) is 9.47 Å². The molecule has 5 nitrogen and oxygen atoms in total. The number of benzene rings is 3. The SMILES string of the molecule is C=CN(C(CC(=C)c1ccc(C)cc1)c1cccc(OC)c1OC)S(=O)(=O)c1ccc(C)cc1. The molecule has 1 unspecified atom stereocenters. The number of ether oxygens (including phenoxy) is 2. The van der Waals surface area contributed by atoms with Gasteiger partial charge in [0, 0.05) is 11.8 Å². The lowest BCUT2D eigenvalue weighted by Crippen LogP contribution is -2.31. The monoisotopic (exact) mass is 477 g/mol. The van der Waals surface area contributed by atoms with Gasteiger partial charge in [-0.25, -0.2) is 8.42 Å². The Morgan fingerprint density at radius 2 is 1.53 bits per heavy atom. The van der Waals surface area contributed by atoms with Gasteiger partial charge in [0.05, 0.1) is 25.2 Å². The van der Waals surface area contributed by atoms with Crippen LogP contribution in [-0.4, -0.2) is 26.9 Å². The summed E-state index contributed by atoms with van der Waals surface area (Å²) >= 11 is 0. The minimum atomic E-state index is -3.92. The fourth-order valence-electron chi connectivity index (χ4n) is 3.88. The summed E-state index contributed by atoms with van der Waals surface area (Å²) in [7, 11) is -0.823. The molecule has 178 valence electrons. The van der Waals surface area contributed by atoms with E-state index in [1.165, 1.54) is 10.5 Å². The maximum Gasteiger partial charge on any atom is 0.264 e. The van der Waals surface area contributed by atoms with Crippen molar-refractivity contribution < 1.29 is 17.9 Å². The molecule has 0 aliphatic heterocycles. The van der Waals surface area contributed by atoms with Crippen LogP contribution in [-0.2, 0) is 10.0 Å². The zero-order chi connectivity index (χ0) is 24.9. The van der Waals surface area contributed by atoms with Crippen molar-refractivity contribution in [3.63, 3.8) is 0 Å². The molecule has 0 bridgehead atoms. The fourth-order valence-corrected chi connectivity index (χ4v) is 5.32. The van der Waals surface area contributed by atoms with Gasteiger partial charge >= 0.3 is 0 Å². The average molecular weight is 478 g/mol. The summed E-state index contributed by atoms with van der Waals surface area (Å²) in [6, 6.07) is 19.5. The molecule has 3 rings (SSSR count). The maximum atomic E-state index is 13.8. The lowest BCUT2D eigenvalue weighted by Gasteiger charge is -2.32. The topological polar surface area (TPSA) is 55.8 Å². The quantitative estimate of drug-likeness (QED) is 0.344. The summed E-state index contributed by atoms with van der Waals surface area (Å²) in [5.74, 6) is 0.986. The first kappa shape index (κ1) is 25.1. The number of sulfonamides is 1.